The second kappa shape index (κ2) is 7.55. The molecule has 4 rings (SSSR count). The second-order valence-corrected chi connectivity index (χ2v) is 10.5. The van der Waals surface area contributed by atoms with Crippen molar-refractivity contribution in [1.82, 2.24) is 25.2 Å². The van der Waals surface area contributed by atoms with E-state index in [2.05, 4.69) is 30.5 Å². The van der Waals surface area contributed by atoms with Gasteiger partial charge in [0.25, 0.3) is 0 Å². The molecule has 4 N–H and O–H groups in total. The number of H-pyrrole nitrogens is 1. The molecule has 3 heterocycles. The Morgan fingerprint density at radius 2 is 2.03 bits per heavy atom. The van der Waals surface area contributed by atoms with Gasteiger partial charge in [-0.3, -0.25) is 5.10 Å². The van der Waals surface area contributed by atoms with E-state index in [0.29, 0.717) is 17.2 Å². The standard InChI is InChI=1S/C19H26N6O4S/c1-19(2,3)23-18(26)29-13-5-4-11(6-13)14-8-17(25-24-14)22-16-7-12-9-21-30(27,28)15(12)10-20-16/h7-8,10-11,13,21H,4-6,9H2,1-3H3,(H,23,26)(H2,20,22,24,25)/t11-,13+/m0/s1. The van der Waals surface area contributed by atoms with Crippen LogP contribution in [0.15, 0.2) is 23.2 Å². The van der Waals surface area contributed by atoms with Gasteiger partial charge in [-0.05, 0) is 51.7 Å². The van der Waals surface area contributed by atoms with E-state index in [9.17, 15) is 13.2 Å². The number of pyridine rings is 1. The first-order valence-corrected chi connectivity index (χ1v) is 11.4. The Balaban J connectivity index is 1.36. The van der Waals surface area contributed by atoms with E-state index in [0.717, 1.165) is 25.0 Å². The zero-order chi connectivity index (χ0) is 21.5. The molecular formula is C19H26N6O4S. The number of aromatic amines is 1. The highest BCUT2D eigenvalue weighted by Crippen LogP contribution is 2.36. The van der Waals surface area contributed by atoms with Crippen LogP contribution in [0, 0.1) is 0 Å². The maximum Gasteiger partial charge on any atom is 0.407 e. The number of fused-ring (bicyclic) bond motifs is 1. The third kappa shape index (κ3) is 4.57. The van der Waals surface area contributed by atoms with Gasteiger partial charge in [-0.1, -0.05) is 0 Å². The molecule has 162 valence electrons. The number of amides is 1. The molecule has 1 saturated carbocycles. The van der Waals surface area contributed by atoms with Crippen LogP contribution in [-0.2, 0) is 21.3 Å². The first-order valence-electron chi connectivity index (χ1n) is 9.89. The Kier molecular flexibility index (Phi) is 5.18. The van der Waals surface area contributed by atoms with Crippen LogP contribution in [0.3, 0.4) is 0 Å². The molecular weight excluding hydrogens is 408 g/mol. The summed E-state index contributed by atoms with van der Waals surface area (Å²) in [6.45, 7) is 6.00. The quantitative estimate of drug-likeness (QED) is 0.580. The van der Waals surface area contributed by atoms with Crippen LogP contribution in [0.5, 0.6) is 0 Å². The van der Waals surface area contributed by atoms with Crippen molar-refractivity contribution in [3.8, 4) is 0 Å². The Labute approximate surface area is 175 Å². The molecule has 0 spiro atoms. The molecule has 0 unspecified atom stereocenters. The number of hydrogen-bond acceptors (Lipinski definition) is 7. The molecule has 1 aliphatic heterocycles. The minimum absolute atomic E-state index is 0.120. The summed E-state index contributed by atoms with van der Waals surface area (Å²) in [4.78, 5) is 16.4. The first kappa shape index (κ1) is 20.6. The van der Waals surface area contributed by atoms with E-state index in [1.54, 1.807) is 6.07 Å². The van der Waals surface area contributed by atoms with Gasteiger partial charge in [0.2, 0.25) is 10.0 Å². The number of ether oxygens (including phenoxy) is 1. The maximum atomic E-state index is 12.0. The molecule has 11 heteroatoms. The summed E-state index contributed by atoms with van der Waals surface area (Å²) in [7, 11) is -3.43. The van der Waals surface area contributed by atoms with Crippen LogP contribution >= 0.6 is 0 Å². The predicted octanol–water partition coefficient (Wildman–Crippen LogP) is 2.50. The molecule has 1 amide bonds. The number of nitrogens with zero attached hydrogens (tertiary/aromatic N) is 2. The SMILES string of the molecule is CC(C)(C)NC(=O)O[C@@H]1CC[C@H](c2cc(Nc3cc4c(cn3)S(=O)(=O)NC4)n[nH]2)C1. The highest BCUT2D eigenvalue weighted by Gasteiger charge is 2.31. The lowest BCUT2D eigenvalue weighted by atomic mass is 10.0. The van der Waals surface area contributed by atoms with Crippen LogP contribution in [0.2, 0.25) is 0 Å². The topological polar surface area (TPSA) is 138 Å². The van der Waals surface area contributed by atoms with Gasteiger partial charge >= 0.3 is 6.09 Å². The van der Waals surface area contributed by atoms with Crippen LogP contribution < -0.4 is 15.4 Å². The molecule has 1 fully saturated rings. The van der Waals surface area contributed by atoms with Gasteiger partial charge in [0.15, 0.2) is 5.82 Å². The highest BCUT2D eigenvalue weighted by molar-refractivity contribution is 7.89. The third-order valence-electron chi connectivity index (χ3n) is 5.12. The number of alkyl carbamates (subject to hydrolysis) is 1. The van der Waals surface area contributed by atoms with Crippen LogP contribution in [0.1, 0.15) is 57.2 Å². The molecule has 0 aromatic carbocycles. The normalized spacial score (nSPS) is 22.5. The number of nitrogens with one attached hydrogen (secondary N) is 4. The fraction of sp³-hybridized carbons (Fsp3) is 0.526. The van der Waals surface area contributed by atoms with Crippen molar-refractivity contribution in [3.05, 3.63) is 29.6 Å². The van der Waals surface area contributed by atoms with Crippen molar-refractivity contribution in [3.63, 3.8) is 0 Å². The van der Waals surface area contributed by atoms with E-state index < -0.39 is 10.0 Å². The van der Waals surface area contributed by atoms with Gasteiger partial charge in [0.05, 0.1) is 0 Å². The van der Waals surface area contributed by atoms with E-state index in [4.69, 9.17) is 4.74 Å². The van der Waals surface area contributed by atoms with Crippen LogP contribution in [0.25, 0.3) is 0 Å². The molecule has 0 radical (unpaired) electrons. The smallest absolute Gasteiger partial charge is 0.407 e. The second-order valence-electron chi connectivity index (χ2n) is 8.75. The lowest BCUT2D eigenvalue weighted by Gasteiger charge is -2.22. The lowest BCUT2D eigenvalue weighted by Crippen LogP contribution is -2.42. The first-order chi connectivity index (χ1) is 14.1. The van der Waals surface area contributed by atoms with Crippen LogP contribution in [0.4, 0.5) is 16.4 Å². The summed E-state index contributed by atoms with van der Waals surface area (Å²) in [5.41, 5.74) is 1.31. The number of aromatic nitrogens is 3. The number of sulfonamides is 1. The number of carbonyl (C=O) groups excluding carboxylic acids is 1. The number of carbonyl (C=O) groups is 1. The summed E-state index contributed by atoms with van der Waals surface area (Å²) >= 11 is 0. The zero-order valence-corrected chi connectivity index (χ0v) is 18.0. The lowest BCUT2D eigenvalue weighted by molar-refractivity contribution is 0.0936. The maximum absolute atomic E-state index is 12.0. The fourth-order valence-electron chi connectivity index (χ4n) is 3.74. The highest BCUT2D eigenvalue weighted by atomic mass is 32.2. The number of hydrogen-bond donors (Lipinski definition) is 4. The zero-order valence-electron chi connectivity index (χ0n) is 17.2. The predicted molar refractivity (Wildman–Crippen MR) is 110 cm³/mol. The van der Waals surface area contributed by atoms with Crippen molar-refractivity contribution < 1.29 is 17.9 Å². The average molecular weight is 435 g/mol. The van der Waals surface area contributed by atoms with Crippen molar-refractivity contribution in [2.24, 2.45) is 0 Å². The Bertz CT molecular complexity index is 1060. The van der Waals surface area contributed by atoms with Gasteiger partial charge in [-0.25, -0.2) is 22.9 Å². The van der Waals surface area contributed by atoms with E-state index in [1.807, 2.05) is 26.8 Å². The van der Waals surface area contributed by atoms with Gasteiger partial charge in [0.1, 0.15) is 16.8 Å². The van der Waals surface area contributed by atoms with Gasteiger partial charge in [-0.2, -0.15) is 5.10 Å². The summed E-state index contributed by atoms with van der Waals surface area (Å²) in [6.07, 6.45) is 3.28. The summed E-state index contributed by atoms with van der Waals surface area (Å²) < 4.78 is 31.6. The van der Waals surface area contributed by atoms with Crippen LogP contribution in [-0.4, -0.2) is 41.3 Å². The van der Waals surface area contributed by atoms with Crippen molar-refractivity contribution in [1.29, 1.82) is 0 Å². The average Bonchev–Trinajstić information content (AvgIpc) is 3.33. The molecule has 2 aliphatic rings. The molecule has 1 aliphatic carbocycles. The van der Waals surface area contributed by atoms with Gasteiger partial charge < -0.3 is 15.4 Å². The van der Waals surface area contributed by atoms with Crippen molar-refractivity contribution in [2.75, 3.05) is 5.32 Å². The number of rotatable bonds is 4. The summed E-state index contributed by atoms with van der Waals surface area (Å²) in [5.74, 6) is 1.35. The Morgan fingerprint density at radius 3 is 2.80 bits per heavy atom. The molecule has 2 aromatic heterocycles. The molecule has 2 atom stereocenters. The molecule has 30 heavy (non-hydrogen) atoms. The largest absolute Gasteiger partial charge is 0.446 e. The Morgan fingerprint density at radius 1 is 1.23 bits per heavy atom. The van der Waals surface area contributed by atoms with E-state index in [-0.39, 0.29) is 35.1 Å². The molecule has 2 aromatic rings. The van der Waals surface area contributed by atoms with Crippen molar-refractivity contribution >= 4 is 27.8 Å². The minimum atomic E-state index is -3.43. The Hall–Kier alpha value is -2.66. The van der Waals surface area contributed by atoms with Crippen molar-refractivity contribution in [2.45, 2.75) is 69.0 Å². The van der Waals surface area contributed by atoms with E-state index >= 15 is 0 Å². The van der Waals surface area contributed by atoms with E-state index in [1.165, 1.54) is 6.20 Å². The monoisotopic (exact) mass is 434 g/mol. The molecule has 0 bridgehead atoms. The number of anilines is 2. The molecule has 10 nitrogen and oxygen atoms in total. The molecule has 0 saturated heterocycles. The minimum Gasteiger partial charge on any atom is -0.446 e. The summed E-state index contributed by atoms with van der Waals surface area (Å²) in [5, 5.41) is 13.2. The fourth-order valence-corrected chi connectivity index (χ4v) is 4.91. The summed E-state index contributed by atoms with van der Waals surface area (Å²) in [6, 6.07) is 3.61. The van der Waals surface area contributed by atoms with Gasteiger partial charge in [-0.15, -0.1) is 0 Å². The third-order valence-corrected chi connectivity index (χ3v) is 6.59. The van der Waals surface area contributed by atoms with Gasteiger partial charge in [0, 0.05) is 36.0 Å².